The van der Waals surface area contributed by atoms with Crippen LogP contribution in [0.2, 0.25) is 5.02 Å². The first-order valence-electron chi connectivity index (χ1n) is 8.45. The van der Waals surface area contributed by atoms with E-state index in [1.807, 2.05) is 37.3 Å². The highest BCUT2D eigenvalue weighted by molar-refractivity contribution is 7.17. The van der Waals surface area contributed by atoms with E-state index in [2.05, 4.69) is 5.32 Å². The number of anilines is 1. The molecule has 1 amide bonds. The Balaban J connectivity index is 1.82. The molecule has 0 radical (unpaired) electrons. The van der Waals surface area contributed by atoms with Crippen LogP contribution in [0.25, 0.3) is 11.1 Å². The van der Waals surface area contributed by atoms with E-state index in [1.165, 1.54) is 18.4 Å². The van der Waals surface area contributed by atoms with Gasteiger partial charge in [-0.05, 0) is 36.8 Å². The Labute approximate surface area is 171 Å². The molecule has 0 spiro atoms. The third-order valence-corrected chi connectivity index (χ3v) is 5.25. The summed E-state index contributed by atoms with van der Waals surface area (Å²) in [6, 6.07) is 16.2. The lowest BCUT2D eigenvalue weighted by molar-refractivity contribution is -0.118. The van der Waals surface area contributed by atoms with Crippen LogP contribution >= 0.6 is 22.9 Å². The van der Waals surface area contributed by atoms with Crippen LogP contribution in [-0.4, -0.2) is 25.6 Å². The highest BCUT2D eigenvalue weighted by Gasteiger charge is 2.25. The zero-order valence-corrected chi connectivity index (χ0v) is 16.9. The summed E-state index contributed by atoms with van der Waals surface area (Å²) >= 11 is 7.16. The quantitative estimate of drug-likeness (QED) is 0.563. The zero-order chi connectivity index (χ0) is 20.1. The lowest BCUT2D eigenvalue weighted by Gasteiger charge is -2.09. The molecule has 0 aliphatic carbocycles. The summed E-state index contributed by atoms with van der Waals surface area (Å²) in [6.07, 6.45) is 0. The van der Waals surface area contributed by atoms with Crippen LogP contribution in [0.15, 0.2) is 54.6 Å². The molecular weight excluding hydrogens is 398 g/mol. The molecule has 0 saturated carbocycles. The molecule has 0 bridgehead atoms. The maximum absolute atomic E-state index is 12.4. The van der Waals surface area contributed by atoms with Crippen molar-refractivity contribution in [2.75, 3.05) is 19.0 Å². The van der Waals surface area contributed by atoms with E-state index in [-0.39, 0.29) is 12.5 Å². The lowest BCUT2D eigenvalue weighted by atomic mass is 10.0. The van der Waals surface area contributed by atoms with Crippen molar-refractivity contribution in [1.29, 1.82) is 0 Å². The molecule has 0 unspecified atom stereocenters. The van der Waals surface area contributed by atoms with Gasteiger partial charge in [0.1, 0.15) is 16.3 Å². The molecule has 0 atom stereocenters. The van der Waals surface area contributed by atoms with Crippen molar-refractivity contribution < 1.29 is 19.1 Å². The van der Waals surface area contributed by atoms with Gasteiger partial charge in [0.15, 0.2) is 6.61 Å². The largest absolute Gasteiger partial charge is 0.484 e. The number of carbonyl (C=O) groups is 2. The van der Waals surface area contributed by atoms with E-state index >= 15 is 0 Å². The summed E-state index contributed by atoms with van der Waals surface area (Å²) in [7, 11) is 1.32. The number of aryl methyl sites for hydroxylation is 1. The normalized spacial score (nSPS) is 10.4. The fourth-order valence-corrected chi connectivity index (χ4v) is 3.93. The standard InChI is InChI=1S/C21H18ClNO4S/c1-13-18(14-6-4-3-5-7-14)19(21(25)26-2)20(28-13)23-17(24)12-27-16-10-8-15(22)9-11-16/h3-11H,12H2,1-2H3,(H,23,24). The fourth-order valence-electron chi connectivity index (χ4n) is 2.72. The van der Waals surface area contributed by atoms with Gasteiger partial charge in [-0.2, -0.15) is 0 Å². The van der Waals surface area contributed by atoms with Crippen LogP contribution in [0.1, 0.15) is 15.2 Å². The summed E-state index contributed by atoms with van der Waals surface area (Å²) in [5.74, 6) is -0.349. The second kappa shape index (κ2) is 8.91. The van der Waals surface area contributed by atoms with Crippen molar-refractivity contribution >= 4 is 39.8 Å². The molecule has 3 aromatic rings. The summed E-state index contributed by atoms with van der Waals surface area (Å²) < 4.78 is 10.4. The van der Waals surface area contributed by atoms with Gasteiger partial charge in [-0.3, -0.25) is 4.79 Å². The maximum Gasteiger partial charge on any atom is 0.341 e. The van der Waals surface area contributed by atoms with Crippen molar-refractivity contribution in [3.05, 3.63) is 70.1 Å². The monoisotopic (exact) mass is 415 g/mol. The Morgan fingerprint density at radius 3 is 2.39 bits per heavy atom. The third kappa shape index (κ3) is 4.52. The summed E-state index contributed by atoms with van der Waals surface area (Å²) in [5, 5.41) is 3.79. The van der Waals surface area contributed by atoms with E-state index in [1.54, 1.807) is 24.3 Å². The first-order chi connectivity index (χ1) is 13.5. The number of ether oxygens (including phenoxy) is 2. The second-order valence-corrected chi connectivity index (χ2v) is 7.55. The predicted molar refractivity (Wildman–Crippen MR) is 111 cm³/mol. The van der Waals surface area contributed by atoms with Gasteiger partial charge in [-0.25, -0.2) is 4.79 Å². The number of hydrogen-bond acceptors (Lipinski definition) is 5. The van der Waals surface area contributed by atoms with Gasteiger partial charge in [0.05, 0.1) is 7.11 Å². The minimum absolute atomic E-state index is 0.195. The molecule has 3 rings (SSSR count). The number of methoxy groups -OCH3 is 1. The van der Waals surface area contributed by atoms with Gasteiger partial charge in [0.25, 0.3) is 5.91 Å². The Bertz CT molecular complexity index is 984. The number of halogens is 1. The summed E-state index contributed by atoms with van der Waals surface area (Å²) in [4.78, 5) is 25.7. The number of rotatable bonds is 6. The lowest BCUT2D eigenvalue weighted by Crippen LogP contribution is -2.21. The highest BCUT2D eigenvalue weighted by Crippen LogP contribution is 2.40. The molecule has 1 heterocycles. The molecule has 28 heavy (non-hydrogen) atoms. The number of thiophene rings is 1. The number of nitrogens with one attached hydrogen (secondary N) is 1. The van der Waals surface area contributed by atoms with Gasteiger partial charge in [0.2, 0.25) is 0 Å². The average molecular weight is 416 g/mol. The summed E-state index contributed by atoms with van der Waals surface area (Å²) in [6.45, 7) is 1.71. The van der Waals surface area contributed by atoms with Crippen LogP contribution < -0.4 is 10.1 Å². The van der Waals surface area contributed by atoms with Crippen LogP contribution in [-0.2, 0) is 9.53 Å². The topological polar surface area (TPSA) is 64.6 Å². The minimum atomic E-state index is -0.503. The van der Waals surface area contributed by atoms with Crippen LogP contribution in [0, 0.1) is 6.92 Å². The second-order valence-electron chi connectivity index (χ2n) is 5.89. The van der Waals surface area contributed by atoms with E-state index in [0.717, 1.165) is 16.0 Å². The van der Waals surface area contributed by atoms with Crippen molar-refractivity contribution in [2.45, 2.75) is 6.92 Å². The van der Waals surface area contributed by atoms with E-state index in [0.29, 0.717) is 21.3 Å². The fraction of sp³-hybridized carbons (Fsp3) is 0.143. The smallest absolute Gasteiger partial charge is 0.341 e. The van der Waals surface area contributed by atoms with E-state index < -0.39 is 5.97 Å². The summed E-state index contributed by atoms with van der Waals surface area (Å²) in [5.41, 5.74) is 1.98. The molecule has 0 aliphatic heterocycles. The highest BCUT2D eigenvalue weighted by atomic mass is 35.5. The first-order valence-corrected chi connectivity index (χ1v) is 9.64. The van der Waals surface area contributed by atoms with E-state index in [9.17, 15) is 9.59 Å². The third-order valence-electron chi connectivity index (χ3n) is 3.97. The molecule has 1 N–H and O–H groups in total. The number of carbonyl (C=O) groups excluding carboxylic acids is 2. The van der Waals surface area contributed by atoms with Gasteiger partial charge in [0, 0.05) is 15.5 Å². The van der Waals surface area contributed by atoms with Crippen LogP contribution in [0.4, 0.5) is 5.00 Å². The molecule has 0 saturated heterocycles. The van der Waals surface area contributed by atoms with Gasteiger partial charge < -0.3 is 14.8 Å². The zero-order valence-electron chi connectivity index (χ0n) is 15.3. The molecule has 2 aromatic carbocycles. The molecular formula is C21H18ClNO4S. The van der Waals surface area contributed by atoms with Crippen LogP contribution in [0.3, 0.4) is 0 Å². The Morgan fingerprint density at radius 2 is 1.75 bits per heavy atom. The average Bonchev–Trinajstić information content (AvgIpc) is 3.03. The minimum Gasteiger partial charge on any atom is -0.484 e. The predicted octanol–water partition coefficient (Wildman–Crippen LogP) is 5.18. The van der Waals surface area contributed by atoms with Crippen molar-refractivity contribution in [1.82, 2.24) is 0 Å². The Hall–Kier alpha value is -2.83. The molecule has 0 aliphatic rings. The molecule has 144 valence electrons. The first kappa shape index (κ1) is 19.9. The molecule has 5 nitrogen and oxygen atoms in total. The van der Waals surface area contributed by atoms with Crippen LogP contribution in [0.5, 0.6) is 5.75 Å². The number of benzene rings is 2. The number of amides is 1. The van der Waals surface area contributed by atoms with Gasteiger partial charge >= 0.3 is 5.97 Å². The molecule has 0 fully saturated rings. The number of hydrogen-bond donors (Lipinski definition) is 1. The van der Waals surface area contributed by atoms with Crippen molar-refractivity contribution in [2.24, 2.45) is 0 Å². The van der Waals surface area contributed by atoms with Crippen molar-refractivity contribution in [3.63, 3.8) is 0 Å². The number of esters is 1. The molecule has 7 heteroatoms. The van der Waals surface area contributed by atoms with E-state index in [4.69, 9.17) is 21.1 Å². The van der Waals surface area contributed by atoms with Gasteiger partial charge in [-0.15, -0.1) is 11.3 Å². The van der Waals surface area contributed by atoms with Crippen molar-refractivity contribution in [3.8, 4) is 16.9 Å². The molecule has 1 aromatic heterocycles. The Morgan fingerprint density at radius 1 is 1.07 bits per heavy atom. The maximum atomic E-state index is 12.4. The SMILES string of the molecule is COC(=O)c1c(NC(=O)COc2ccc(Cl)cc2)sc(C)c1-c1ccccc1. The Kier molecular flexibility index (Phi) is 6.34. The van der Waals surface area contributed by atoms with Gasteiger partial charge in [-0.1, -0.05) is 41.9 Å².